The van der Waals surface area contributed by atoms with Gasteiger partial charge in [0.15, 0.2) is 11.5 Å². The molecule has 0 bridgehead atoms. The van der Waals surface area contributed by atoms with Crippen LogP contribution in [0.25, 0.3) is 0 Å². The number of methoxy groups -OCH3 is 1. The first-order chi connectivity index (χ1) is 9.51. The van der Waals surface area contributed by atoms with Gasteiger partial charge in [-0.1, -0.05) is 21.1 Å². The lowest BCUT2D eigenvalue weighted by Gasteiger charge is -2.09. The number of carbonyl (C=O) groups is 1. The number of ether oxygens (including phenoxy) is 1. The molecule has 0 saturated carbocycles. The Labute approximate surface area is 131 Å². The van der Waals surface area contributed by atoms with Gasteiger partial charge in [-0.25, -0.2) is 0 Å². The molecule has 0 unspecified atom stereocenters. The fraction of sp³-hybridized carbons (Fsp3) is 0.167. The lowest BCUT2D eigenvalue weighted by atomic mass is 10.2. The van der Waals surface area contributed by atoms with Crippen molar-refractivity contribution in [2.75, 3.05) is 18.2 Å². The van der Waals surface area contributed by atoms with Crippen molar-refractivity contribution in [3.8, 4) is 0 Å². The predicted octanol–water partition coefficient (Wildman–Crippen LogP) is 3.18. The van der Waals surface area contributed by atoms with Gasteiger partial charge in [-0.2, -0.15) is 0 Å². The van der Waals surface area contributed by atoms with Crippen molar-refractivity contribution < 1.29 is 14.1 Å². The maximum atomic E-state index is 12.1. The van der Waals surface area contributed by atoms with Crippen LogP contribution in [0.5, 0.6) is 0 Å². The van der Waals surface area contributed by atoms with Crippen molar-refractivity contribution in [1.82, 2.24) is 5.16 Å². The molecule has 1 heterocycles. The molecule has 0 radical (unpaired) electrons. The van der Waals surface area contributed by atoms with Crippen LogP contribution in [0.3, 0.4) is 0 Å². The van der Waals surface area contributed by atoms with Crippen molar-refractivity contribution in [3.05, 3.63) is 38.6 Å². The third-order valence-electron chi connectivity index (χ3n) is 2.40. The number of nitrogens with two attached hydrogens (primary N) is 1. The summed E-state index contributed by atoms with van der Waals surface area (Å²) in [6.07, 6.45) is 0. The number of rotatable bonds is 4. The number of halogens is 2. The molecule has 3 N–H and O–H groups in total. The number of carbonyl (C=O) groups excluding carboxylic acids is 1. The topological polar surface area (TPSA) is 90.4 Å². The summed E-state index contributed by atoms with van der Waals surface area (Å²) in [5, 5.41) is 6.36. The molecule has 2 rings (SSSR count). The summed E-state index contributed by atoms with van der Waals surface area (Å²) in [5.74, 6) is 0.0614. The molecule has 0 aliphatic heterocycles. The summed E-state index contributed by atoms with van der Waals surface area (Å²) in [6, 6.07) is 4.99. The number of nitrogens with one attached hydrogen (secondary N) is 1. The number of nitrogen functional groups attached to an aromatic ring is 1. The van der Waals surface area contributed by atoms with Crippen LogP contribution < -0.4 is 11.1 Å². The summed E-state index contributed by atoms with van der Waals surface area (Å²) >= 11 is 6.66. The Balaban J connectivity index is 2.19. The summed E-state index contributed by atoms with van der Waals surface area (Å²) in [6.45, 7) is 0.254. The summed E-state index contributed by atoms with van der Waals surface area (Å²) < 4.78 is 11.3. The van der Waals surface area contributed by atoms with Crippen LogP contribution in [0.2, 0.25) is 0 Å². The molecule has 2 aromatic rings. The SMILES string of the molecule is COCc1cc(C(=O)Nc2c(N)cc(Br)cc2Br)no1. The van der Waals surface area contributed by atoms with Crippen LogP contribution in [0.1, 0.15) is 16.2 Å². The fourth-order valence-corrected chi connectivity index (χ4v) is 2.89. The average molecular weight is 405 g/mol. The van der Waals surface area contributed by atoms with Crippen LogP contribution in [0.4, 0.5) is 11.4 Å². The molecule has 1 aromatic heterocycles. The first-order valence-corrected chi connectivity index (χ1v) is 7.10. The van der Waals surface area contributed by atoms with Crippen molar-refractivity contribution in [1.29, 1.82) is 0 Å². The van der Waals surface area contributed by atoms with Gasteiger partial charge in [0.1, 0.15) is 6.61 Å². The minimum Gasteiger partial charge on any atom is -0.397 e. The predicted molar refractivity (Wildman–Crippen MR) is 81.4 cm³/mol. The molecule has 106 valence electrons. The van der Waals surface area contributed by atoms with E-state index in [1.54, 1.807) is 12.1 Å². The van der Waals surface area contributed by atoms with Crippen LogP contribution in [-0.2, 0) is 11.3 Å². The van der Waals surface area contributed by atoms with E-state index in [2.05, 4.69) is 42.3 Å². The lowest BCUT2D eigenvalue weighted by molar-refractivity contribution is 0.101. The Morgan fingerprint density at radius 2 is 2.20 bits per heavy atom. The smallest absolute Gasteiger partial charge is 0.277 e. The average Bonchev–Trinajstić information content (AvgIpc) is 2.82. The van der Waals surface area contributed by atoms with Crippen molar-refractivity contribution in [2.45, 2.75) is 6.61 Å². The molecule has 0 aliphatic rings. The second kappa shape index (κ2) is 6.38. The number of aromatic nitrogens is 1. The standard InChI is InChI=1S/C12H11Br2N3O3/c1-19-5-7-4-10(17-20-7)12(18)16-11-8(14)2-6(13)3-9(11)15/h2-4H,5,15H2,1H3,(H,16,18). The van der Waals surface area contributed by atoms with Gasteiger partial charge in [0.25, 0.3) is 5.91 Å². The number of anilines is 2. The van der Waals surface area contributed by atoms with Gasteiger partial charge in [0.05, 0.1) is 11.4 Å². The Hall–Kier alpha value is -1.38. The van der Waals surface area contributed by atoms with Gasteiger partial charge in [0.2, 0.25) is 0 Å². The van der Waals surface area contributed by atoms with Gasteiger partial charge in [0, 0.05) is 22.1 Å². The molecule has 0 spiro atoms. The quantitative estimate of drug-likeness (QED) is 0.763. The van der Waals surface area contributed by atoms with Crippen molar-refractivity contribution in [3.63, 3.8) is 0 Å². The molecule has 0 atom stereocenters. The van der Waals surface area contributed by atoms with E-state index in [-0.39, 0.29) is 12.3 Å². The number of nitrogens with zero attached hydrogens (tertiary/aromatic N) is 1. The Morgan fingerprint density at radius 1 is 1.45 bits per heavy atom. The second-order valence-corrected chi connectivity index (χ2v) is 5.69. The molecular weight excluding hydrogens is 394 g/mol. The number of hydrogen-bond acceptors (Lipinski definition) is 5. The third-order valence-corrected chi connectivity index (χ3v) is 3.49. The molecule has 1 aromatic carbocycles. The van der Waals surface area contributed by atoms with E-state index >= 15 is 0 Å². The summed E-state index contributed by atoms with van der Waals surface area (Å²) in [7, 11) is 1.53. The first-order valence-electron chi connectivity index (χ1n) is 5.51. The Morgan fingerprint density at radius 3 is 2.85 bits per heavy atom. The van der Waals surface area contributed by atoms with Gasteiger partial charge in [-0.3, -0.25) is 4.79 Å². The summed E-state index contributed by atoms with van der Waals surface area (Å²) in [4.78, 5) is 12.1. The number of benzene rings is 1. The minimum atomic E-state index is -0.411. The molecular formula is C12H11Br2N3O3. The zero-order valence-electron chi connectivity index (χ0n) is 10.4. The van der Waals surface area contributed by atoms with E-state index in [1.807, 2.05) is 0 Å². The van der Waals surface area contributed by atoms with E-state index in [9.17, 15) is 4.79 Å². The Bertz CT molecular complexity index is 620. The number of amides is 1. The molecule has 0 saturated heterocycles. The molecule has 6 nitrogen and oxygen atoms in total. The van der Waals surface area contributed by atoms with E-state index in [0.717, 1.165) is 4.47 Å². The molecule has 8 heteroatoms. The maximum absolute atomic E-state index is 12.1. The monoisotopic (exact) mass is 403 g/mol. The van der Waals surface area contributed by atoms with Gasteiger partial charge in [-0.15, -0.1) is 0 Å². The largest absolute Gasteiger partial charge is 0.397 e. The maximum Gasteiger partial charge on any atom is 0.277 e. The highest BCUT2D eigenvalue weighted by molar-refractivity contribution is 9.11. The van der Waals surface area contributed by atoms with Gasteiger partial charge in [-0.05, 0) is 28.1 Å². The molecule has 20 heavy (non-hydrogen) atoms. The highest BCUT2D eigenvalue weighted by Gasteiger charge is 2.16. The Kier molecular flexibility index (Phi) is 4.79. The van der Waals surface area contributed by atoms with E-state index in [0.29, 0.717) is 21.6 Å². The van der Waals surface area contributed by atoms with E-state index < -0.39 is 5.91 Å². The molecule has 0 fully saturated rings. The lowest BCUT2D eigenvalue weighted by Crippen LogP contribution is -2.14. The zero-order chi connectivity index (χ0) is 14.7. The number of hydrogen-bond donors (Lipinski definition) is 2. The van der Waals surface area contributed by atoms with E-state index in [1.165, 1.54) is 13.2 Å². The van der Waals surface area contributed by atoms with Gasteiger partial charge < -0.3 is 20.3 Å². The minimum absolute atomic E-state index is 0.159. The van der Waals surface area contributed by atoms with Crippen molar-refractivity contribution in [2.24, 2.45) is 0 Å². The van der Waals surface area contributed by atoms with Crippen LogP contribution in [-0.4, -0.2) is 18.2 Å². The van der Waals surface area contributed by atoms with Crippen LogP contribution >= 0.6 is 31.9 Å². The van der Waals surface area contributed by atoms with Gasteiger partial charge >= 0.3 is 0 Å². The molecule has 0 aliphatic carbocycles. The first kappa shape index (κ1) is 15.0. The summed E-state index contributed by atoms with van der Waals surface area (Å²) in [5.41, 5.74) is 6.93. The second-order valence-electron chi connectivity index (χ2n) is 3.92. The highest BCUT2D eigenvalue weighted by atomic mass is 79.9. The fourth-order valence-electron chi connectivity index (χ4n) is 1.53. The normalized spacial score (nSPS) is 10.6. The zero-order valence-corrected chi connectivity index (χ0v) is 13.6. The van der Waals surface area contributed by atoms with E-state index in [4.69, 9.17) is 15.0 Å². The highest BCUT2D eigenvalue weighted by Crippen LogP contribution is 2.32. The van der Waals surface area contributed by atoms with Crippen molar-refractivity contribution >= 4 is 49.1 Å². The third kappa shape index (κ3) is 3.38. The van der Waals surface area contributed by atoms with Crippen LogP contribution in [0, 0.1) is 0 Å². The molecule has 1 amide bonds. The van der Waals surface area contributed by atoms with Crippen LogP contribution in [0.15, 0.2) is 31.7 Å².